The van der Waals surface area contributed by atoms with Gasteiger partial charge in [-0.3, -0.25) is 9.59 Å². The lowest BCUT2D eigenvalue weighted by Gasteiger charge is -2.30. The Morgan fingerprint density at radius 3 is 2.26 bits per heavy atom. The number of halogens is 1. The number of nitrogens with zero attached hydrogens (tertiary/aromatic N) is 1. The van der Waals surface area contributed by atoms with Crippen molar-refractivity contribution in [2.45, 2.75) is 24.9 Å². The maximum atomic E-state index is 13.5. The van der Waals surface area contributed by atoms with Gasteiger partial charge in [0.2, 0.25) is 5.91 Å². The van der Waals surface area contributed by atoms with Gasteiger partial charge < -0.3 is 15.4 Å². The molecule has 3 aromatic carbocycles. The van der Waals surface area contributed by atoms with Crippen LogP contribution in [0, 0.1) is 0 Å². The molecule has 1 heterocycles. The van der Waals surface area contributed by atoms with Crippen LogP contribution < -0.4 is 15.4 Å². The van der Waals surface area contributed by atoms with Gasteiger partial charge in [0.05, 0.1) is 7.11 Å². The fourth-order valence-electron chi connectivity index (χ4n) is 4.04. The molecule has 0 saturated carbocycles. The molecule has 1 aliphatic rings. The molecule has 0 aromatic heterocycles. The molecule has 1 aliphatic heterocycles. The summed E-state index contributed by atoms with van der Waals surface area (Å²) in [6.07, 6.45) is 0. The highest BCUT2D eigenvalue weighted by Gasteiger charge is 2.47. The van der Waals surface area contributed by atoms with E-state index in [0.717, 1.165) is 14.9 Å². The third-order valence-electron chi connectivity index (χ3n) is 5.88. The summed E-state index contributed by atoms with van der Waals surface area (Å²) in [6, 6.07) is 20.8. The summed E-state index contributed by atoms with van der Waals surface area (Å²) in [5, 5.41) is 5.59. The second kappa shape index (κ2) is 10.1. The van der Waals surface area contributed by atoms with E-state index in [1.54, 1.807) is 55.6 Å². The normalized spacial score (nSPS) is 17.1. The summed E-state index contributed by atoms with van der Waals surface area (Å²) < 4.78 is 6.05. The minimum Gasteiger partial charge on any atom is -0.497 e. The van der Waals surface area contributed by atoms with Gasteiger partial charge in [-0.15, -0.1) is 0 Å². The van der Waals surface area contributed by atoms with Gasteiger partial charge in [-0.2, -0.15) is 0 Å². The Morgan fingerprint density at radius 2 is 1.65 bits per heavy atom. The van der Waals surface area contributed by atoms with Crippen molar-refractivity contribution >= 4 is 39.5 Å². The largest absolute Gasteiger partial charge is 0.497 e. The second-order valence-corrected chi connectivity index (χ2v) is 8.92. The van der Waals surface area contributed by atoms with Gasteiger partial charge in [0.1, 0.15) is 17.8 Å². The van der Waals surface area contributed by atoms with Crippen molar-refractivity contribution in [3.63, 3.8) is 0 Å². The summed E-state index contributed by atoms with van der Waals surface area (Å²) in [5.74, 6) is -0.728. The Kier molecular flexibility index (Phi) is 6.98. The first kappa shape index (κ1) is 23.5. The molecule has 0 aliphatic carbocycles. The highest BCUT2D eigenvalue weighted by atomic mass is 79.9. The van der Waals surface area contributed by atoms with Crippen LogP contribution in [-0.2, 0) is 9.59 Å². The molecule has 174 valence electrons. The topological polar surface area (TPSA) is 87.7 Å². The standard InChI is InChI=1S/C26H24BrN3O4/c1-16(17-6-4-3-5-7-17)23(24(31)28-20-12-10-19(27)11-13-20)30-25(32)22(29-26(30)33)18-8-14-21(34-2)15-9-18/h3-16,22-23H,1-2H3,(H,28,31)(H,29,33)/t16?,22-,23?/m1/s1. The van der Waals surface area contributed by atoms with Crippen molar-refractivity contribution in [3.05, 3.63) is 94.5 Å². The van der Waals surface area contributed by atoms with E-state index in [0.29, 0.717) is 17.0 Å². The first-order valence-corrected chi connectivity index (χ1v) is 11.6. The average Bonchev–Trinajstić information content (AvgIpc) is 3.15. The number of benzene rings is 3. The van der Waals surface area contributed by atoms with Crippen molar-refractivity contribution in [2.24, 2.45) is 0 Å². The highest BCUT2D eigenvalue weighted by Crippen LogP contribution is 2.31. The van der Waals surface area contributed by atoms with Crippen molar-refractivity contribution in [1.29, 1.82) is 0 Å². The lowest BCUT2D eigenvalue weighted by Crippen LogP contribution is -2.50. The van der Waals surface area contributed by atoms with Crippen molar-refractivity contribution in [3.8, 4) is 5.75 Å². The van der Waals surface area contributed by atoms with Gasteiger partial charge in [-0.1, -0.05) is 65.3 Å². The number of rotatable bonds is 7. The van der Waals surface area contributed by atoms with Crippen LogP contribution in [0.2, 0.25) is 0 Å². The third kappa shape index (κ3) is 4.82. The number of imide groups is 1. The molecule has 8 heteroatoms. The van der Waals surface area contributed by atoms with Crippen molar-refractivity contribution < 1.29 is 19.1 Å². The van der Waals surface area contributed by atoms with E-state index >= 15 is 0 Å². The van der Waals surface area contributed by atoms with Crippen LogP contribution in [0.5, 0.6) is 5.75 Å². The number of carbonyl (C=O) groups excluding carboxylic acids is 3. The lowest BCUT2D eigenvalue weighted by molar-refractivity contribution is -0.134. The average molecular weight is 522 g/mol. The number of urea groups is 1. The zero-order chi connectivity index (χ0) is 24.2. The molecule has 1 fully saturated rings. The Labute approximate surface area is 206 Å². The van der Waals surface area contributed by atoms with E-state index in [1.165, 1.54) is 0 Å². The zero-order valence-corrected chi connectivity index (χ0v) is 20.3. The summed E-state index contributed by atoms with van der Waals surface area (Å²) in [7, 11) is 1.55. The Hall–Kier alpha value is -3.65. The van der Waals surface area contributed by atoms with Crippen LogP contribution in [0.4, 0.5) is 10.5 Å². The lowest BCUT2D eigenvalue weighted by atomic mass is 9.91. The van der Waals surface area contributed by atoms with Crippen molar-refractivity contribution in [2.75, 3.05) is 12.4 Å². The predicted molar refractivity (Wildman–Crippen MR) is 133 cm³/mol. The number of carbonyl (C=O) groups is 3. The molecular weight excluding hydrogens is 498 g/mol. The van der Waals surface area contributed by atoms with Gasteiger partial charge in [-0.05, 0) is 47.5 Å². The fraction of sp³-hybridized carbons (Fsp3) is 0.192. The van der Waals surface area contributed by atoms with Gasteiger partial charge in [-0.25, -0.2) is 9.69 Å². The van der Waals surface area contributed by atoms with E-state index in [-0.39, 0.29) is 0 Å². The van der Waals surface area contributed by atoms with Crippen LogP contribution in [0.3, 0.4) is 0 Å². The molecule has 4 amide bonds. The number of hydrogen-bond donors (Lipinski definition) is 2. The third-order valence-corrected chi connectivity index (χ3v) is 6.41. The van der Waals surface area contributed by atoms with E-state index in [2.05, 4.69) is 26.6 Å². The van der Waals surface area contributed by atoms with E-state index in [9.17, 15) is 14.4 Å². The smallest absolute Gasteiger partial charge is 0.325 e. The molecule has 3 aromatic rings. The highest BCUT2D eigenvalue weighted by molar-refractivity contribution is 9.10. The summed E-state index contributed by atoms with van der Waals surface area (Å²) in [4.78, 5) is 41.1. The SMILES string of the molecule is COc1ccc([C@H]2NC(=O)N(C(C(=O)Nc3ccc(Br)cc3)C(C)c3ccccc3)C2=O)cc1. The maximum absolute atomic E-state index is 13.5. The molecule has 0 radical (unpaired) electrons. The Bertz CT molecular complexity index is 1180. The second-order valence-electron chi connectivity index (χ2n) is 8.00. The Morgan fingerprint density at radius 1 is 1.00 bits per heavy atom. The zero-order valence-electron chi connectivity index (χ0n) is 18.7. The molecule has 0 bridgehead atoms. The van der Waals surface area contributed by atoms with E-state index in [4.69, 9.17) is 4.74 Å². The minimum atomic E-state index is -1.05. The molecule has 2 unspecified atom stereocenters. The monoisotopic (exact) mass is 521 g/mol. The molecule has 1 saturated heterocycles. The first-order chi connectivity index (χ1) is 16.4. The molecule has 3 atom stereocenters. The van der Waals surface area contributed by atoms with Crippen LogP contribution in [-0.4, -0.2) is 35.9 Å². The quantitative estimate of drug-likeness (QED) is 0.434. The number of anilines is 1. The van der Waals surface area contributed by atoms with Gasteiger partial charge in [0.15, 0.2) is 0 Å². The minimum absolute atomic E-state index is 0.444. The van der Waals surface area contributed by atoms with E-state index < -0.39 is 35.8 Å². The maximum Gasteiger partial charge on any atom is 0.325 e. The Balaban J connectivity index is 1.66. The summed E-state index contributed by atoms with van der Waals surface area (Å²) in [5.41, 5.74) is 2.02. The van der Waals surface area contributed by atoms with Gasteiger partial charge in [0.25, 0.3) is 5.91 Å². The van der Waals surface area contributed by atoms with Crippen LogP contribution in [0.25, 0.3) is 0 Å². The van der Waals surface area contributed by atoms with Gasteiger partial charge in [0, 0.05) is 16.1 Å². The molecule has 7 nitrogen and oxygen atoms in total. The van der Waals surface area contributed by atoms with Crippen LogP contribution in [0.1, 0.15) is 30.0 Å². The number of methoxy groups -OCH3 is 1. The molecular formula is C26H24BrN3O4. The predicted octanol–water partition coefficient (Wildman–Crippen LogP) is 4.86. The molecule has 0 spiro atoms. The molecule has 4 rings (SSSR count). The van der Waals surface area contributed by atoms with Crippen LogP contribution in [0.15, 0.2) is 83.3 Å². The van der Waals surface area contributed by atoms with Gasteiger partial charge >= 0.3 is 6.03 Å². The molecule has 34 heavy (non-hydrogen) atoms. The first-order valence-electron chi connectivity index (χ1n) is 10.8. The summed E-state index contributed by atoms with van der Waals surface area (Å²) >= 11 is 3.38. The molecule has 2 N–H and O–H groups in total. The fourth-order valence-corrected chi connectivity index (χ4v) is 4.30. The van der Waals surface area contributed by atoms with Crippen LogP contribution >= 0.6 is 15.9 Å². The van der Waals surface area contributed by atoms with Crippen molar-refractivity contribution in [1.82, 2.24) is 10.2 Å². The number of ether oxygens (including phenoxy) is 1. The number of nitrogens with one attached hydrogen (secondary N) is 2. The number of amides is 4. The summed E-state index contributed by atoms with van der Waals surface area (Å²) in [6.45, 7) is 1.84. The number of hydrogen-bond acceptors (Lipinski definition) is 4. The van der Waals surface area contributed by atoms with E-state index in [1.807, 2.05) is 37.3 Å².